The van der Waals surface area contributed by atoms with Gasteiger partial charge in [-0.15, -0.1) is 11.6 Å². The molecular formula is C37H46ClP. The summed E-state index contributed by atoms with van der Waals surface area (Å²) in [5, 5.41) is 4.19. The van der Waals surface area contributed by atoms with E-state index in [9.17, 15) is 0 Å². The van der Waals surface area contributed by atoms with Gasteiger partial charge in [0.15, 0.2) is 0 Å². The Morgan fingerprint density at radius 2 is 0.949 bits per heavy atom. The number of unbranched alkanes of at least 4 members (excludes halogenated alkanes) is 6. The fourth-order valence-corrected chi connectivity index (χ4v) is 7.43. The molecule has 0 aliphatic heterocycles. The summed E-state index contributed by atoms with van der Waals surface area (Å²) in [4.78, 5) is 0. The van der Waals surface area contributed by atoms with E-state index in [1.54, 1.807) is 0 Å². The molecule has 0 aromatic heterocycles. The van der Waals surface area contributed by atoms with Crippen LogP contribution in [0.3, 0.4) is 0 Å². The topological polar surface area (TPSA) is 0 Å². The van der Waals surface area contributed by atoms with Crippen molar-refractivity contribution in [1.82, 2.24) is 0 Å². The Hall–Kier alpha value is -2.40. The van der Waals surface area contributed by atoms with Crippen LogP contribution in [0.4, 0.5) is 0 Å². The van der Waals surface area contributed by atoms with E-state index in [4.69, 9.17) is 11.6 Å². The van der Waals surface area contributed by atoms with E-state index in [-0.39, 0.29) is 0 Å². The van der Waals surface area contributed by atoms with E-state index in [0.29, 0.717) is 5.88 Å². The quantitative estimate of drug-likeness (QED) is 0.0823. The zero-order chi connectivity index (χ0) is 27.5. The molecule has 0 amide bonds. The van der Waals surface area contributed by atoms with Gasteiger partial charge in [-0.05, 0) is 66.2 Å². The van der Waals surface area contributed by atoms with Crippen LogP contribution in [0.2, 0.25) is 0 Å². The molecule has 0 saturated heterocycles. The minimum Gasteiger partial charge on any atom is -0.122 e. The lowest BCUT2D eigenvalue weighted by Crippen LogP contribution is -2.20. The van der Waals surface area contributed by atoms with Crippen molar-refractivity contribution in [2.24, 2.45) is 0 Å². The summed E-state index contributed by atoms with van der Waals surface area (Å²) >= 11 is 6.13. The second-order valence-electron chi connectivity index (χ2n) is 10.2. The van der Waals surface area contributed by atoms with Gasteiger partial charge in [-0.3, -0.25) is 0 Å². The van der Waals surface area contributed by atoms with Gasteiger partial charge in [0, 0.05) is 5.88 Å². The van der Waals surface area contributed by atoms with Crippen LogP contribution in [0.5, 0.6) is 0 Å². The Balaban J connectivity index is 0.000000216. The Bertz CT molecular complexity index is 1060. The summed E-state index contributed by atoms with van der Waals surface area (Å²) in [5.74, 6) is 0.659. The van der Waals surface area contributed by atoms with Crippen molar-refractivity contribution < 1.29 is 0 Å². The maximum Gasteiger partial charge on any atom is 0.0476 e. The van der Waals surface area contributed by atoms with E-state index in [1.807, 2.05) is 0 Å². The van der Waals surface area contributed by atoms with Crippen LogP contribution < -0.4 is 15.9 Å². The highest BCUT2D eigenvalue weighted by molar-refractivity contribution is 7.79. The maximum absolute atomic E-state index is 6.13. The van der Waals surface area contributed by atoms with Crippen molar-refractivity contribution in [3.63, 3.8) is 0 Å². The SMILES string of the molecule is CCCCCCc1ccc(CCCCCC)c(CCl)c1.c1ccc(P(c2ccccc2)c2ccccc2)cc1. The number of benzene rings is 4. The minimum atomic E-state index is -0.446. The zero-order valence-electron chi connectivity index (χ0n) is 24.0. The third kappa shape index (κ3) is 10.9. The molecule has 2 heteroatoms. The first-order chi connectivity index (χ1) is 19.3. The fraction of sp³-hybridized carbons (Fsp3) is 0.351. The van der Waals surface area contributed by atoms with E-state index in [0.717, 1.165) is 0 Å². The number of hydrogen-bond acceptors (Lipinski definition) is 0. The monoisotopic (exact) mass is 556 g/mol. The molecule has 0 radical (unpaired) electrons. The van der Waals surface area contributed by atoms with E-state index in [1.165, 1.54) is 96.8 Å². The van der Waals surface area contributed by atoms with Crippen molar-refractivity contribution in [2.75, 3.05) is 0 Å². The van der Waals surface area contributed by atoms with Gasteiger partial charge in [-0.1, -0.05) is 162 Å². The Morgan fingerprint density at radius 1 is 0.487 bits per heavy atom. The zero-order valence-corrected chi connectivity index (χ0v) is 25.6. The van der Waals surface area contributed by atoms with Gasteiger partial charge in [0.05, 0.1) is 0 Å². The largest absolute Gasteiger partial charge is 0.122 e. The van der Waals surface area contributed by atoms with Gasteiger partial charge in [0.25, 0.3) is 0 Å². The average molecular weight is 557 g/mol. The molecule has 0 aliphatic carbocycles. The molecule has 0 saturated carbocycles. The first kappa shape index (κ1) is 31.1. The van der Waals surface area contributed by atoms with Crippen LogP contribution in [0.15, 0.2) is 109 Å². The molecular weight excluding hydrogens is 511 g/mol. The fourth-order valence-electron chi connectivity index (χ4n) is 4.88. The lowest BCUT2D eigenvalue weighted by molar-refractivity contribution is 0.662. The summed E-state index contributed by atoms with van der Waals surface area (Å²) in [6.45, 7) is 4.52. The summed E-state index contributed by atoms with van der Waals surface area (Å²) in [5.41, 5.74) is 4.29. The second-order valence-corrected chi connectivity index (χ2v) is 12.7. The van der Waals surface area contributed by atoms with Gasteiger partial charge in [0.2, 0.25) is 0 Å². The van der Waals surface area contributed by atoms with E-state index < -0.39 is 7.92 Å². The summed E-state index contributed by atoms with van der Waals surface area (Å²) in [7, 11) is -0.446. The highest BCUT2D eigenvalue weighted by atomic mass is 35.5. The van der Waals surface area contributed by atoms with E-state index >= 15 is 0 Å². The van der Waals surface area contributed by atoms with Crippen molar-refractivity contribution in [2.45, 2.75) is 83.9 Å². The lowest BCUT2D eigenvalue weighted by atomic mass is 9.97. The number of hydrogen-bond donors (Lipinski definition) is 0. The van der Waals surface area contributed by atoms with E-state index in [2.05, 4.69) is 123 Å². The van der Waals surface area contributed by atoms with Gasteiger partial charge in [-0.25, -0.2) is 0 Å². The van der Waals surface area contributed by atoms with Crippen LogP contribution in [0, 0.1) is 0 Å². The molecule has 4 aromatic carbocycles. The number of halogens is 1. The summed E-state index contributed by atoms with van der Waals surface area (Å²) < 4.78 is 0. The molecule has 4 aromatic rings. The molecule has 0 atom stereocenters. The molecule has 0 unspecified atom stereocenters. The number of aryl methyl sites for hydroxylation is 2. The number of rotatable bonds is 14. The Morgan fingerprint density at radius 3 is 1.38 bits per heavy atom. The predicted octanol–water partition coefficient (Wildman–Crippen LogP) is 10.1. The van der Waals surface area contributed by atoms with Gasteiger partial charge < -0.3 is 0 Å². The molecule has 0 spiro atoms. The highest BCUT2D eigenvalue weighted by Gasteiger charge is 2.15. The molecule has 39 heavy (non-hydrogen) atoms. The molecule has 0 fully saturated rings. The molecule has 0 aliphatic rings. The van der Waals surface area contributed by atoms with Crippen LogP contribution in [-0.4, -0.2) is 0 Å². The molecule has 0 bridgehead atoms. The van der Waals surface area contributed by atoms with Gasteiger partial charge >= 0.3 is 0 Å². The normalized spacial score (nSPS) is 10.8. The van der Waals surface area contributed by atoms with Gasteiger partial charge in [-0.2, -0.15) is 0 Å². The molecule has 0 N–H and O–H groups in total. The minimum absolute atomic E-state index is 0.446. The Labute approximate surface area is 244 Å². The highest BCUT2D eigenvalue weighted by Crippen LogP contribution is 2.32. The van der Waals surface area contributed by atoms with Crippen LogP contribution >= 0.6 is 19.5 Å². The molecule has 4 rings (SSSR count). The van der Waals surface area contributed by atoms with Crippen LogP contribution in [-0.2, 0) is 18.7 Å². The maximum atomic E-state index is 6.13. The van der Waals surface area contributed by atoms with Crippen LogP contribution in [0.1, 0.15) is 81.9 Å². The average Bonchev–Trinajstić information content (AvgIpc) is 3.00. The van der Waals surface area contributed by atoms with Crippen molar-refractivity contribution in [1.29, 1.82) is 0 Å². The van der Waals surface area contributed by atoms with Crippen LogP contribution in [0.25, 0.3) is 0 Å². The third-order valence-corrected chi connectivity index (χ3v) is 9.81. The van der Waals surface area contributed by atoms with Gasteiger partial charge in [0.1, 0.15) is 0 Å². The van der Waals surface area contributed by atoms with Crippen molar-refractivity contribution in [3.8, 4) is 0 Å². The Kier molecular flexibility index (Phi) is 15.0. The number of alkyl halides is 1. The molecule has 206 valence electrons. The predicted molar refractivity (Wildman–Crippen MR) is 177 cm³/mol. The third-order valence-electron chi connectivity index (χ3n) is 7.08. The standard InChI is InChI=1S/C19H31Cl.C18H15P/c1-3-5-7-9-11-17-13-14-18(19(15-17)16-20)12-10-8-6-4-2;1-4-10-16(11-5-1)19(17-12-6-2-7-13-17)18-14-8-3-9-15-18/h13-15H,3-12,16H2,1-2H3;1-15H. The smallest absolute Gasteiger partial charge is 0.0476 e. The van der Waals surface area contributed by atoms with Crippen molar-refractivity contribution in [3.05, 3.63) is 126 Å². The molecule has 0 heterocycles. The molecule has 0 nitrogen and oxygen atoms in total. The second kappa shape index (κ2) is 18.8. The first-order valence-corrected chi connectivity index (χ1v) is 16.8. The lowest BCUT2D eigenvalue weighted by Gasteiger charge is -2.18. The summed E-state index contributed by atoms with van der Waals surface area (Å²) in [6, 6.07) is 39.3. The van der Waals surface area contributed by atoms with Crippen molar-refractivity contribution >= 4 is 35.4 Å². The first-order valence-electron chi connectivity index (χ1n) is 14.9. The summed E-state index contributed by atoms with van der Waals surface area (Å²) in [6.07, 6.45) is 13.0.